The SMILES string of the molecule is Cc1ccc(NC(=O)[C@@H]2CSCN2C(=O)c2ccccc2C)cc1C. The standard InChI is InChI=1S/C20H22N2O2S/c1-13-8-9-16(10-15(13)3)21-19(23)18-11-25-12-22(18)20(24)17-7-5-4-6-14(17)2/h4-10,18H,11-12H2,1-3H3,(H,21,23)/t18-/m0/s1. The number of anilines is 1. The van der Waals surface area contributed by atoms with E-state index in [2.05, 4.69) is 5.32 Å². The van der Waals surface area contributed by atoms with Crippen LogP contribution in [0.1, 0.15) is 27.0 Å². The van der Waals surface area contributed by atoms with Crippen LogP contribution in [-0.4, -0.2) is 34.4 Å². The molecule has 2 aromatic carbocycles. The van der Waals surface area contributed by atoms with E-state index in [1.807, 2.05) is 63.2 Å². The second kappa shape index (κ2) is 7.31. The van der Waals surface area contributed by atoms with Crippen molar-refractivity contribution in [2.24, 2.45) is 0 Å². The minimum Gasteiger partial charge on any atom is -0.324 e. The molecule has 0 unspecified atom stereocenters. The number of aryl methyl sites for hydroxylation is 3. The molecule has 0 aliphatic carbocycles. The zero-order valence-corrected chi connectivity index (χ0v) is 15.5. The summed E-state index contributed by atoms with van der Waals surface area (Å²) < 4.78 is 0. The van der Waals surface area contributed by atoms with Crippen LogP contribution in [0.15, 0.2) is 42.5 Å². The normalized spacial score (nSPS) is 16.8. The third kappa shape index (κ3) is 3.71. The smallest absolute Gasteiger partial charge is 0.255 e. The zero-order chi connectivity index (χ0) is 18.0. The number of thioether (sulfide) groups is 1. The van der Waals surface area contributed by atoms with Crippen LogP contribution in [0.2, 0.25) is 0 Å². The first-order chi connectivity index (χ1) is 12.0. The van der Waals surface area contributed by atoms with Crippen molar-refractivity contribution in [3.63, 3.8) is 0 Å². The first-order valence-electron chi connectivity index (χ1n) is 8.30. The maximum absolute atomic E-state index is 12.9. The highest BCUT2D eigenvalue weighted by Crippen LogP contribution is 2.25. The molecule has 1 N–H and O–H groups in total. The van der Waals surface area contributed by atoms with E-state index in [4.69, 9.17) is 0 Å². The number of nitrogens with one attached hydrogen (secondary N) is 1. The van der Waals surface area contributed by atoms with Gasteiger partial charge in [0.15, 0.2) is 0 Å². The fourth-order valence-electron chi connectivity index (χ4n) is 2.87. The van der Waals surface area contributed by atoms with Crippen LogP contribution >= 0.6 is 11.8 Å². The number of hydrogen-bond donors (Lipinski definition) is 1. The Balaban J connectivity index is 1.76. The van der Waals surface area contributed by atoms with E-state index in [0.717, 1.165) is 16.8 Å². The van der Waals surface area contributed by atoms with Crippen LogP contribution in [0, 0.1) is 20.8 Å². The van der Waals surface area contributed by atoms with Crippen LogP contribution in [0.25, 0.3) is 0 Å². The van der Waals surface area contributed by atoms with Gasteiger partial charge < -0.3 is 10.2 Å². The molecule has 4 nitrogen and oxygen atoms in total. The molecule has 0 aromatic heterocycles. The monoisotopic (exact) mass is 354 g/mol. The van der Waals surface area contributed by atoms with E-state index < -0.39 is 6.04 Å². The van der Waals surface area contributed by atoms with Crippen LogP contribution in [0.5, 0.6) is 0 Å². The summed E-state index contributed by atoms with van der Waals surface area (Å²) in [6.45, 7) is 5.97. The predicted octanol–water partition coefficient (Wildman–Crippen LogP) is 3.77. The quantitative estimate of drug-likeness (QED) is 0.913. The molecule has 0 radical (unpaired) electrons. The number of nitrogens with zero attached hydrogens (tertiary/aromatic N) is 1. The third-order valence-electron chi connectivity index (χ3n) is 4.60. The summed E-state index contributed by atoms with van der Waals surface area (Å²) >= 11 is 1.61. The van der Waals surface area contributed by atoms with Crippen molar-refractivity contribution in [3.8, 4) is 0 Å². The summed E-state index contributed by atoms with van der Waals surface area (Å²) in [7, 11) is 0. The Morgan fingerprint density at radius 1 is 1.04 bits per heavy atom. The molecule has 2 aromatic rings. The number of benzene rings is 2. The Morgan fingerprint density at radius 2 is 1.80 bits per heavy atom. The molecule has 1 heterocycles. The van der Waals surface area contributed by atoms with Crippen LogP contribution in [-0.2, 0) is 4.79 Å². The van der Waals surface area contributed by atoms with Gasteiger partial charge in [-0.2, -0.15) is 0 Å². The molecule has 2 amide bonds. The fourth-order valence-corrected chi connectivity index (χ4v) is 4.03. The van der Waals surface area contributed by atoms with Gasteiger partial charge in [0.05, 0.1) is 5.88 Å². The summed E-state index contributed by atoms with van der Waals surface area (Å²) in [6, 6.07) is 12.9. The van der Waals surface area contributed by atoms with Crippen molar-refractivity contribution < 1.29 is 9.59 Å². The molecule has 1 atom stereocenters. The third-order valence-corrected chi connectivity index (χ3v) is 5.61. The number of rotatable bonds is 3. The summed E-state index contributed by atoms with van der Waals surface area (Å²) in [5.41, 5.74) is 4.68. The van der Waals surface area contributed by atoms with Gasteiger partial charge in [0.25, 0.3) is 5.91 Å². The molecule has 1 aliphatic heterocycles. The van der Waals surface area contributed by atoms with E-state index in [-0.39, 0.29) is 11.8 Å². The van der Waals surface area contributed by atoms with Gasteiger partial charge in [0.1, 0.15) is 6.04 Å². The second-order valence-electron chi connectivity index (χ2n) is 6.39. The van der Waals surface area contributed by atoms with E-state index in [9.17, 15) is 9.59 Å². The molecule has 3 rings (SSSR count). The topological polar surface area (TPSA) is 49.4 Å². The Bertz CT molecular complexity index is 819. The zero-order valence-electron chi connectivity index (χ0n) is 14.7. The van der Waals surface area contributed by atoms with Crippen molar-refractivity contribution in [2.75, 3.05) is 16.9 Å². The number of amides is 2. The number of carbonyl (C=O) groups is 2. The number of hydrogen-bond acceptors (Lipinski definition) is 3. The summed E-state index contributed by atoms with van der Waals surface area (Å²) in [5, 5.41) is 2.96. The lowest BCUT2D eigenvalue weighted by molar-refractivity contribution is -0.119. The minimum atomic E-state index is -0.446. The van der Waals surface area contributed by atoms with Crippen LogP contribution in [0.4, 0.5) is 5.69 Å². The van der Waals surface area contributed by atoms with Crippen LogP contribution < -0.4 is 5.32 Å². The van der Waals surface area contributed by atoms with E-state index in [1.54, 1.807) is 16.7 Å². The largest absolute Gasteiger partial charge is 0.324 e. The Kier molecular flexibility index (Phi) is 5.13. The first-order valence-corrected chi connectivity index (χ1v) is 9.45. The molecule has 1 aliphatic rings. The first kappa shape index (κ1) is 17.5. The van der Waals surface area contributed by atoms with Gasteiger partial charge in [-0.05, 0) is 55.7 Å². The van der Waals surface area contributed by atoms with Crippen molar-refractivity contribution in [1.82, 2.24) is 4.90 Å². The maximum atomic E-state index is 12.9. The lowest BCUT2D eigenvalue weighted by Gasteiger charge is -2.24. The van der Waals surface area contributed by atoms with Gasteiger partial charge in [0.2, 0.25) is 5.91 Å². The van der Waals surface area contributed by atoms with Crippen molar-refractivity contribution in [3.05, 3.63) is 64.7 Å². The van der Waals surface area contributed by atoms with E-state index in [1.165, 1.54) is 5.56 Å². The second-order valence-corrected chi connectivity index (χ2v) is 7.39. The Labute approximate surface area is 152 Å². The lowest BCUT2D eigenvalue weighted by Crippen LogP contribution is -2.44. The van der Waals surface area contributed by atoms with Gasteiger partial charge in [-0.15, -0.1) is 11.8 Å². The molecule has 0 bridgehead atoms. The molecule has 0 spiro atoms. The fraction of sp³-hybridized carbons (Fsp3) is 0.300. The van der Waals surface area contributed by atoms with Crippen molar-refractivity contribution in [2.45, 2.75) is 26.8 Å². The van der Waals surface area contributed by atoms with Gasteiger partial charge >= 0.3 is 0 Å². The van der Waals surface area contributed by atoms with Gasteiger partial charge in [-0.3, -0.25) is 9.59 Å². The van der Waals surface area contributed by atoms with Gasteiger partial charge in [-0.25, -0.2) is 0 Å². The molecule has 1 fully saturated rings. The molecular weight excluding hydrogens is 332 g/mol. The van der Waals surface area contributed by atoms with Crippen molar-refractivity contribution >= 4 is 29.3 Å². The summed E-state index contributed by atoms with van der Waals surface area (Å²) in [4.78, 5) is 27.3. The van der Waals surface area contributed by atoms with Crippen LogP contribution in [0.3, 0.4) is 0 Å². The predicted molar refractivity (Wildman–Crippen MR) is 103 cm³/mol. The summed E-state index contributed by atoms with van der Waals surface area (Å²) in [5.74, 6) is 0.950. The average molecular weight is 354 g/mol. The highest BCUT2D eigenvalue weighted by molar-refractivity contribution is 7.99. The Hall–Kier alpha value is -2.27. The average Bonchev–Trinajstić information content (AvgIpc) is 3.08. The highest BCUT2D eigenvalue weighted by atomic mass is 32.2. The van der Waals surface area contributed by atoms with Crippen molar-refractivity contribution in [1.29, 1.82) is 0 Å². The molecule has 1 saturated heterocycles. The summed E-state index contributed by atoms with van der Waals surface area (Å²) in [6.07, 6.45) is 0. The lowest BCUT2D eigenvalue weighted by atomic mass is 10.1. The van der Waals surface area contributed by atoms with Gasteiger partial charge in [0, 0.05) is 17.0 Å². The molecule has 25 heavy (non-hydrogen) atoms. The highest BCUT2D eigenvalue weighted by Gasteiger charge is 2.35. The van der Waals surface area contributed by atoms with E-state index >= 15 is 0 Å². The number of carbonyl (C=O) groups excluding carboxylic acids is 2. The maximum Gasteiger partial charge on any atom is 0.255 e. The Morgan fingerprint density at radius 3 is 2.52 bits per heavy atom. The molecule has 5 heteroatoms. The minimum absolute atomic E-state index is 0.0802. The van der Waals surface area contributed by atoms with E-state index in [0.29, 0.717) is 17.2 Å². The molecule has 0 saturated carbocycles. The molecule has 130 valence electrons. The molecular formula is C20H22N2O2S. The van der Waals surface area contributed by atoms with Gasteiger partial charge in [-0.1, -0.05) is 24.3 Å².